The second kappa shape index (κ2) is 9.40. The number of carbonyl (C=O) groups excluding carboxylic acids is 2. The van der Waals surface area contributed by atoms with Gasteiger partial charge in [-0.1, -0.05) is 0 Å². The van der Waals surface area contributed by atoms with E-state index in [9.17, 15) is 30.0 Å². The van der Waals surface area contributed by atoms with Gasteiger partial charge in [0.1, 0.15) is 18.3 Å². The maximum Gasteiger partial charge on any atom is 0.251 e. The molecular formula is C12H23N3O6. The van der Waals surface area contributed by atoms with Crippen molar-refractivity contribution in [3.63, 3.8) is 0 Å². The summed E-state index contributed by atoms with van der Waals surface area (Å²) in [6.07, 6.45) is -7.57. The second-order valence-corrected chi connectivity index (χ2v) is 4.58. The Hall–Kier alpha value is -1.55. The predicted molar refractivity (Wildman–Crippen MR) is 74.5 cm³/mol. The summed E-state index contributed by atoms with van der Waals surface area (Å²) < 4.78 is 0. The highest BCUT2D eigenvalue weighted by Gasteiger charge is 2.36. The van der Waals surface area contributed by atoms with Gasteiger partial charge in [-0.05, 0) is 13.3 Å². The number of aliphatic imine (C=N–C) groups is 1. The normalized spacial score (nSPS) is 17.7. The number of hydrogen-bond donors (Lipinski definition) is 6. The van der Waals surface area contributed by atoms with Crippen LogP contribution >= 0.6 is 0 Å². The molecule has 0 unspecified atom stereocenters. The maximum absolute atomic E-state index is 11.6. The highest BCUT2D eigenvalue weighted by molar-refractivity contribution is 5.84. The van der Waals surface area contributed by atoms with Gasteiger partial charge >= 0.3 is 0 Å². The van der Waals surface area contributed by atoms with E-state index in [0.29, 0.717) is 18.8 Å². The zero-order valence-electron chi connectivity index (χ0n) is 12.1. The van der Waals surface area contributed by atoms with Crippen LogP contribution in [-0.4, -0.2) is 76.0 Å². The van der Waals surface area contributed by atoms with Gasteiger partial charge in [0.2, 0.25) is 0 Å². The minimum absolute atomic E-state index is 0.0855. The summed E-state index contributed by atoms with van der Waals surface area (Å²) in [5.74, 6) is -1.29. The maximum atomic E-state index is 11.6. The van der Waals surface area contributed by atoms with Gasteiger partial charge in [0.25, 0.3) is 5.91 Å². The molecular weight excluding hydrogens is 282 g/mol. The van der Waals surface area contributed by atoms with Crippen LogP contribution in [0.15, 0.2) is 4.99 Å². The van der Waals surface area contributed by atoms with Crippen LogP contribution in [0.4, 0.5) is 0 Å². The Morgan fingerprint density at radius 3 is 2.14 bits per heavy atom. The molecule has 0 heterocycles. The fourth-order valence-electron chi connectivity index (χ4n) is 1.52. The molecule has 4 atom stereocenters. The number of carbonyl (C=O) groups is 2. The highest BCUT2D eigenvalue weighted by atomic mass is 16.4. The number of amides is 1. The Labute approximate surface area is 122 Å². The number of nitrogens with two attached hydrogens (primary N) is 1. The van der Waals surface area contributed by atoms with Crippen molar-refractivity contribution in [3.8, 4) is 0 Å². The molecule has 0 radical (unpaired) electrons. The molecule has 21 heavy (non-hydrogen) atoms. The van der Waals surface area contributed by atoms with E-state index in [2.05, 4.69) is 10.3 Å². The van der Waals surface area contributed by atoms with Gasteiger partial charge in [-0.15, -0.1) is 0 Å². The molecule has 7 N–H and O–H groups in total. The Balaban J connectivity index is 4.41. The summed E-state index contributed by atoms with van der Waals surface area (Å²) in [5.41, 5.74) is 5.31. The van der Waals surface area contributed by atoms with Crippen molar-refractivity contribution in [3.05, 3.63) is 0 Å². The van der Waals surface area contributed by atoms with Crippen LogP contribution in [0.3, 0.4) is 0 Å². The molecule has 0 aromatic carbocycles. The molecule has 1 amide bonds. The Morgan fingerprint density at radius 2 is 1.67 bits per heavy atom. The molecule has 0 aliphatic carbocycles. The topological polar surface area (TPSA) is 165 Å². The van der Waals surface area contributed by atoms with Crippen molar-refractivity contribution >= 4 is 17.5 Å². The molecule has 0 aliphatic rings. The SMILES string of the molecule is CNC(=O)[C@@H](O)[C@H](O)[C@H](O)[C@@H](O)C(=O)CCCN=C(C)N. The van der Waals surface area contributed by atoms with Gasteiger partial charge in [0.15, 0.2) is 11.9 Å². The monoisotopic (exact) mass is 305 g/mol. The number of Topliss-reactive ketones (excluding diaryl/α,β-unsaturated/α-hetero) is 1. The summed E-state index contributed by atoms with van der Waals surface area (Å²) in [6, 6.07) is 0. The van der Waals surface area contributed by atoms with Gasteiger partial charge in [-0.25, -0.2) is 0 Å². The van der Waals surface area contributed by atoms with Crippen molar-refractivity contribution in [1.82, 2.24) is 5.32 Å². The molecule has 122 valence electrons. The lowest BCUT2D eigenvalue weighted by Crippen LogP contribution is -2.52. The average Bonchev–Trinajstić information content (AvgIpc) is 2.47. The van der Waals surface area contributed by atoms with Crippen molar-refractivity contribution in [1.29, 1.82) is 0 Å². The lowest BCUT2D eigenvalue weighted by molar-refractivity contribution is -0.154. The van der Waals surface area contributed by atoms with E-state index in [4.69, 9.17) is 5.73 Å². The third-order valence-corrected chi connectivity index (χ3v) is 2.78. The molecule has 0 bridgehead atoms. The molecule has 9 nitrogen and oxygen atoms in total. The first-order chi connectivity index (χ1) is 9.72. The lowest BCUT2D eigenvalue weighted by atomic mass is 9.97. The van der Waals surface area contributed by atoms with Crippen LogP contribution in [-0.2, 0) is 9.59 Å². The number of hydrogen-bond acceptors (Lipinski definition) is 7. The van der Waals surface area contributed by atoms with Gasteiger partial charge in [-0.2, -0.15) is 0 Å². The van der Waals surface area contributed by atoms with E-state index in [-0.39, 0.29) is 6.42 Å². The number of aliphatic hydroxyl groups excluding tert-OH is 4. The lowest BCUT2D eigenvalue weighted by Gasteiger charge is -2.24. The van der Waals surface area contributed by atoms with E-state index in [1.165, 1.54) is 7.05 Å². The number of amidine groups is 1. The minimum Gasteiger partial charge on any atom is -0.388 e. The van der Waals surface area contributed by atoms with E-state index >= 15 is 0 Å². The summed E-state index contributed by atoms with van der Waals surface area (Å²) >= 11 is 0. The predicted octanol–water partition coefficient (Wildman–Crippen LogP) is -3.10. The first kappa shape index (κ1) is 19.4. The third kappa shape index (κ3) is 6.63. The van der Waals surface area contributed by atoms with Crippen LogP contribution in [0.25, 0.3) is 0 Å². The number of ketones is 1. The number of rotatable bonds is 9. The third-order valence-electron chi connectivity index (χ3n) is 2.78. The first-order valence-electron chi connectivity index (χ1n) is 6.45. The average molecular weight is 305 g/mol. The molecule has 0 saturated heterocycles. The van der Waals surface area contributed by atoms with E-state index < -0.39 is 36.1 Å². The second-order valence-electron chi connectivity index (χ2n) is 4.58. The van der Waals surface area contributed by atoms with Gasteiger partial charge in [-0.3, -0.25) is 14.6 Å². The molecule has 0 spiro atoms. The minimum atomic E-state index is -1.98. The van der Waals surface area contributed by atoms with Crippen LogP contribution in [0, 0.1) is 0 Å². The number of likely N-dealkylation sites (N-methyl/N-ethyl adjacent to an activating group) is 1. The Bertz CT molecular complexity index is 383. The van der Waals surface area contributed by atoms with E-state index in [1.807, 2.05) is 0 Å². The van der Waals surface area contributed by atoms with Gasteiger partial charge in [0.05, 0.1) is 5.84 Å². The number of nitrogens with one attached hydrogen (secondary N) is 1. The largest absolute Gasteiger partial charge is 0.388 e. The highest BCUT2D eigenvalue weighted by Crippen LogP contribution is 2.09. The zero-order chi connectivity index (χ0) is 16.6. The van der Waals surface area contributed by atoms with Crippen LogP contribution in [0.1, 0.15) is 19.8 Å². The van der Waals surface area contributed by atoms with E-state index in [0.717, 1.165) is 0 Å². The Morgan fingerprint density at radius 1 is 1.14 bits per heavy atom. The quantitative estimate of drug-likeness (QED) is 0.149. The van der Waals surface area contributed by atoms with Crippen molar-refractivity contribution in [2.45, 2.75) is 44.2 Å². The van der Waals surface area contributed by atoms with Gasteiger partial charge < -0.3 is 31.5 Å². The van der Waals surface area contributed by atoms with Crippen LogP contribution in [0.5, 0.6) is 0 Å². The smallest absolute Gasteiger partial charge is 0.251 e. The van der Waals surface area contributed by atoms with Gasteiger partial charge in [0, 0.05) is 20.0 Å². The molecule has 0 saturated carbocycles. The van der Waals surface area contributed by atoms with Crippen molar-refractivity contribution in [2.24, 2.45) is 10.7 Å². The summed E-state index contributed by atoms with van der Waals surface area (Å²) in [5, 5.41) is 40.2. The fourth-order valence-corrected chi connectivity index (χ4v) is 1.52. The molecule has 0 fully saturated rings. The van der Waals surface area contributed by atoms with Crippen molar-refractivity contribution in [2.75, 3.05) is 13.6 Å². The van der Waals surface area contributed by atoms with Crippen molar-refractivity contribution < 1.29 is 30.0 Å². The first-order valence-corrected chi connectivity index (χ1v) is 6.45. The van der Waals surface area contributed by atoms with Crippen LogP contribution < -0.4 is 11.1 Å². The molecule has 0 aromatic rings. The number of aliphatic hydroxyl groups is 4. The summed E-state index contributed by atoms with van der Waals surface area (Å²) in [6.45, 7) is 1.89. The standard InChI is InChI=1S/C12H23N3O6/c1-6(13)15-5-3-4-7(16)8(17)9(18)10(19)11(20)12(21)14-2/h8-11,17-20H,3-5H2,1-2H3,(H2,13,15)(H,14,21)/t8-,9+,10+,11-/m0/s1. The Kier molecular flexibility index (Phi) is 8.70. The fraction of sp³-hybridized carbons (Fsp3) is 0.750. The molecule has 0 aliphatic heterocycles. The summed E-state index contributed by atoms with van der Waals surface area (Å²) in [7, 11) is 1.23. The molecule has 0 rings (SSSR count). The zero-order valence-corrected chi connectivity index (χ0v) is 12.1. The van der Waals surface area contributed by atoms with E-state index in [1.54, 1.807) is 6.92 Å². The molecule has 9 heteroatoms. The summed E-state index contributed by atoms with van der Waals surface area (Å²) in [4.78, 5) is 26.6. The molecule has 0 aromatic heterocycles. The van der Waals surface area contributed by atoms with Crippen LogP contribution in [0.2, 0.25) is 0 Å². The number of nitrogens with zero attached hydrogens (tertiary/aromatic N) is 1.